The number of aliphatic hydroxyl groups excluding tert-OH is 1. The molecule has 0 spiro atoms. The van der Waals surface area contributed by atoms with E-state index in [1.54, 1.807) is 0 Å². The molecule has 0 saturated heterocycles. The van der Waals surface area contributed by atoms with Crippen molar-refractivity contribution in [2.45, 2.75) is 354 Å². The third-order valence-corrected chi connectivity index (χ3v) is 18.8. The van der Waals surface area contributed by atoms with Crippen molar-refractivity contribution in [2.75, 3.05) is 39.6 Å². The molecule has 0 heterocycles. The molecule has 0 amide bonds. The summed E-state index contributed by atoms with van der Waals surface area (Å²) in [6.45, 7) is 4.52. The van der Waals surface area contributed by atoms with E-state index in [1.807, 2.05) is 0 Å². The summed E-state index contributed by atoms with van der Waals surface area (Å²) in [6.07, 6.45) is 84.5. The Labute approximate surface area is 632 Å². The maximum absolute atomic E-state index is 13.1. The molecule has 598 valence electrons. The van der Waals surface area contributed by atoms with Crippen molar-refractivity contribution in [3.63, 3.8) is 0 Å². The second-order valence-corrected chi connectivity index (χ2v) is 29.8. The SMILES string of the molecule is CC/C=C\C/C=C\C/C=C\CCCCCCCCCC(=O)OCC(COP(=O)(O)OCC(O)COP(=O)(O)OCC(COC(=O)CCCCCCC/C=C\C/C=C\C/C=C\CC)OC(=O)CCCCCCC/C=C\CCCCCCCC)OC(=O)CCCCCCCCC/C=C\C/C=C\C/C=C\CC. The Balaban J connectivity index is 5.39. The van der Waals surface area contributed by atoms with E-state index in [-0.39, 0.29) is 25.7 Å². The smallest absolute Gasteiger partial charge is 0.462 e. The Hall–Kier alpha value is -4.54. The highest BCUT2D eigenvalue weighted by Crippen LogP contribution is 2.45. The van der Waals surface area contributed by atoms with Gasteiger partial charge in [0.25, 0.3) is 0 Å². The largest absolute Gasteiger partial charge is 0.472 e. The summed E-state index contributed by atoms with van der Waals surface area (Å²) in [4.78, 5) is 73.1. The quantitative estimate of drug-likeness (QED) is 0.0169. The highest BCUT2D eigenvalue weighted by Gasteiger charge is 2.30. The van der Waals surface area contributed by atoms with Crippen molar-refractivity contribution in [3.8, 4) is 0 Å². The zero-order valence-electron chi connectivity index (χ0n) is 65.4. The number of unbranched alkanes of at least 4 members (excludes halogenated alkanes) is 30. The third-order valence-electron chi connectivity index (χ3n) is 16.9. The van der Waals surface area contributed by atoms with Crippen molar-refractivity contribution >= 4 is 39.5 Å². The zero-order valence-corrected chi connectivity index (χ0v) is 67.2. The van der Waals surface area contributed by atoms with Gasteiger partial charge in [0.05, 0.1) is 26.4 Å². The average Bonchev–Trinajstić information content (AvgIpc) is 0.926. The van der Waals surface area contributed by atoms with E-state index >= 15 is 0 Å². The maximum Gasteiger partial charge on any atom is 0.472 e. The number of hydrogen-bond acceptors (Lipinski definition) is 15. The number of esters is 4. The normalized spacial score (nSPS) is 14.5. The first-order valence-electron chi connectivity index (χ1n) is 40.8. The van der Waals surface area contributed by atoms with E-state index < -0.39 is 97.5 Å². The molecule has 0 aromatic carbocycles. The van der Waals surface area contributed by atoms with Crippen LogP contribution in [0, 0.1) is 0 Å². The van der Waals surface area contributed by atoms with Crippen molar-refractivity contribution in [3.05, 3.63) is 122 Å². The van der Waals surface area contributed by atoms with Crippen LogP contribution in [0.5, 0.6) is 0 Å². The van der Waals surface area contributed by atoms with Crippen LogP contribution in [0.3, 0.4) is 0 Å². The molecule has 19 heteroatoms. The van der Waals surface area contributed by atoms with Gasteiger partial charge in [-0.3, -0.25) is 37.3 Å². The predicted octanol–water partition coefficient (Wildman–Crippen LogP) is 23.9. The van der Waals surface area contributed by atoms with E-state index in [2.05, 4.69) is 149 Å². The van der Waals surface area contributed by atoms with Crippen molar-refractivity contribution in [1.29, 1.82) is 0 Å². The lowest BCUT2D eigenvalue weighted by Crippen LogP contribution is -2.30. The molecule has 0 bridgehead atoms. The average molecular weight is 1500 g/mol. The minimum Gasteiger partial charge on any atom is -0.462 e. The van der Waals surface area contributed by atoms with Gasteiger partial charge in [0.2, 0.25) is 0 Å². The van der Waals surface area contributed by atoms with Crippen molar-refractivity contribution < 1.29 is 80.2 Å². The Kier molecular flexibility index (Phi) is 73.3. The molecular weight excluding hydrogens is 1350 g/mol. The first-order valence-corrected chi connectivity index (χ1v) is 43.8. The van der Waals surface area contributed by atoms with Gasteiger partial charge in [-0.25, -0.2) is 9.13 Å². The summed E-state index contributed by atoms with van der Waals surface area (Å²) >= 11 is 0. The summed E-state index contributed by atoms with van der Waals surface area (Å²) in [5.74, 6) is -2.21. The molecule has 0 radical (unpaired) electrons. The molecule has 3 N–H and O–H groups in total. The number of carbonyl (C=O) groups excluding carboxylic acids is 4. The van der Waals surface area contributed by atoms with Crippen molar-refractivity contribution in [2.24, 2.45) is 0 Å². The Morgan fingerprint density at radius 3 is 0.779 bits per heavy atom. The molecule has 0 aliphatic carbocycles. The zero-order chi connectivity index (χ0) is 76.0. The Morgan fingerprint density at radius 1 is 0.279 bits per heavy atom. The number of ether oxygens (including phenoxy) is 4. The van der Waals surface area contributed by atoms with Gasteiger partial charge in [0, 0.05) is 25.7 Å². The Bertz CT molecular complexity index is 2440. The van der Waals surface area contributed by atoms with Gasteiger partial charge in [-0.1, -0.05) is 284 Å². The second-order valence-electron chi connectivity index (χ2n) is 26.9. The molecule has 0 aliphatic rings. The molecule has 0 rings (SSSR count). The highest BCUT2D eigenvalue weighted by molar-refractivity contribution is 7.47. The molecule has 5 unspecified atom stereocenters. The fourth-order valence-electron chi connectivity index (χ4n) is 10.8. The first-order chi connectivity index (χ1) is 50.7. The Morgan fingerprint density at radius 2 is 0.500 bits per heavy atom. The van der Waals surface area contributed by atoms with Crippen LogP contribution in [0.1, 0.15) is 336 Å². The number of aliphatic hydroxyl groups is 1. The summed E-state index contributed by atoms with van der Waals surface area (Å²) in [6, 6.07) is 0. The van der Waals surface area contributed by atoms with Gasteiger partial charge in [-0.15, -0.1) is 0 Å². The fourth-order valence-corrected chi connectivity index (χ4v) is 12.4. The van der Waals surface area contributed by atoms with E-state index in [1.165, 1.54) is 38.5 Å². The number of hydrogen-bond donors (Lipinski definition) is 3. The molecule has 0 aromatic rings. The van der Waals surface area contributed by atoms with Crippen LogP contribution in [0.2, 0.25) is 0 Å². The van der Waals surface area contributed by atoms with E-state index in [9.17, 15) is 43.2 Å². The lowest BCUT2D eigenvalue weighted by molar-refractivity contribution is -0.161. The minimum atomic E-state index is -4.99. The van der Waals surface area contributed by atoms with Crippen LogP contribution in [0.15, 0.2) is 122 Å². The van der Waals surface area contributed by atoms with Gasteiger partial charge in [0.15, 0.2) is 12.2 Å². The fraction of sp³-hybridized carbons (Fsp3) is 0.718. The standard InChI is InChI=1S/C85H146O17P2/c1-5-9-13-17-21-25-29-33-37-39-43-46-50-54-58-62-66-70-83(88)96-76-81(102-85(90)72-68-64-60-56-52-48-44-40-38-34-30-26-22-18-14-10-6-2)78-100-104(93,94)98-74-79(86)73-97-103(91,92)99-77-80(101-84(89)71-67-63-59-55-51-47-42-36-32-28-24-20-16-12-8-4)75-95-82(87)69-65-61-57-53-49-45-41-35-31-27-23-19-15-11-7-3/h9-11,13-15,21-23,25-27,33-38,41-42,79-81,86H,5-8,12,16-20,24,28-32,39-40,43-78H2,1-4H3,(H,91,92)(H,93,94)/b13-9-,14-10-,15-11-,25-21-,26-22-,27-23-,37-33-,38-34-,41-35-,42-36-. The van der Waals surface area contributed by atoms with E-state index in [4.69, 9.17) is 37.0 Å². The lowest BCUT2D eigenvalue weighted by atomic mass is 10.1. The molecule has 0 aromatic heterocycles. The number of allylic oxidation sites excluding steroid dienone is 20. The van der Waals surface area contributed by atoms with Crippen molar-refractivity contribution in [1.82, 2.24) is 0 Å². The summed E-state index contributed by atoms with van der Waals surface area (Å²) in [5.41, 5.74) is 0. The minimum absolute atomic E-state index is 0.0793. The third kappa shape index (κ3) is 75.7. The molecule has 0 aliphatic heterocycles. The van der Waals surface area contributed by atoms with Crippen LogP contribution in [0.4, 0.5) is 0 Å². The molecule has 104 heavy (non-hydrogen) atoms. The molecule has 0 saturated carbocycles. The van der Waals surface area contributed by atoms with Gasteiger partial charge in [0.1, 0.15) is 19.3 Å². The van der Waals surface area contributed by atoms with Gasteiger partial charge in [-0.05, 0) is 148 Å². The number of phosphoric acid groups is 2. The van der Waals surface area contributed by atoms with Crippen LogP contribution in [0.25, 0.3) is 0 Å². The molecule has 0 fully saturated rings. The maximum atomic E-state index is 13.1. The lowest BCUT2D eigenvalue weighted by Gasteiger charge is -2.21. The topological polar surface area (TPSA) is 237 Å². The number of carbonyl (C=O) groups is 4. The van der Waals surface area contributed by atoms with Crippen LogP contribution >= 0.6 is 15.6 Å². The van der Waals surface area contributed by atoms with Gasteiger partial charge < -0.3 is 33.8 Å². The molecule has 5 atom stereocenters. The van der Waals surface area contributed by atoms with Crippen LogP contribution in [-0.2, 0) is 65.4 Å². The number of rotatable bonds is 76. The van der Waals surface area contributed by atoms with Gasteiger partial charge >= 0.3 is 39.5 Å². The summed E-state index contributed by atoms with van der Waals surface area (Å²) in [7, 11) is -9.97. The van der Waals surface area contributed by atoms with Crippen LogP contribution in [-0.4, -0.2) is 96.7 Å². The monoisotopic (exact) mass is 1500 g/mol. The van der Waals surface area contributed by atoms with E-state index in [0.29, 0.717) is 25.7 Å². The predicted molar refractivity (Wildman–Crippen MR) is 427 cm³/mol. The highest BCUT2D eigenvalue weighted by atomic mass is 31.2. The number of phosphoric ester groups is 2. The van der Waals surface area contributed by atoms with Crippen LogP contribution < -0.4 is 0 Å². The van der Waals surface area contributed by atoms with Gasteiger partial charge in [-0.2, -0.15) is 0 Å². The first kappa shape index (κ1) is 99.5. The molecule has 17 nitrogen and oxygen atoms in total. The van der Waals surface area contributed by atoms with E-state index in [0.717, 1.165) is 218 Å². The molecular formula is C85H146O17P2. The summed E-state index contributed by atoms with van der Waals surface area (Å²) < 4.78 is 68.7. The second kappa shape index (κ2) is 76.6. The summed E-state index contributed by atoms with van der Waals surface area (Å²) in [5, 5.41) is 10.7.